The van der Waals surface area contributed by atoms with Crippen LogP contribution in [0.3, 0.4) is 0 Å². The third-order valence-corrected chi connectivity index (χ3v) is 4.88. The number of benzene rings is 2. The standard InChI is InChI=1S/C24H22N4O/c1-18-16-26-28(17-18)21-13-11-20(12-14-21)24(29)27(2)23(19-8-4-3-5-9-19)22-10-6-7-15-25-22/h3-17,23H,1-2H3. The summed E-state index contributed by atoms with van der Waals surface area (Å²) in [6.45, 7) is 2.00. The zero-order valence-corrected chi connectivity index (χ0v) is 16.4. The first-order chi connectivity index (χ1) is 14.1. The van der Waals surface area contributed by atoms with Gasteiger partial charge in [-0.1, -0.05) is 36.4 Å². The number of amides is 1. The maximum atomic E-state index is 13.3. The van der Waals surface area contributed by atoms with Crippen LogP contribution < -0.4 is 0 Å². The Hall–Kier alpha value is -3.73. The lowest BCUT2D eigenvalue weighted by atomic mass is 10.0. The van der Waals surface area contributed by atoms with Gasteiger partial charge < -0.3 is 4.90 Å². The van der Waals surface area contributed by atoms with Crippen LogP contribution in [0.2, 0.25) is 0 Å². The fourth-order valence-electron chi connectivity index (χ4n) is 3.40. The van der Waals surface area contributed by atoms with Gasteiger partial charge in [-0.3, -0.25) is 9.78 Å². The molecule has 0 N–H and O–H groups in total. The second-order valence-electron chi connectivity index (χ2n) is 6.99. The van der Waals surface area contributed by atoms with E-state index in [1.165, 1.54) is 0 Å². The molecule has 4 rings (SSSR count). The number of carbonyl (C=O) groups excluding carboxylic acids is 1. The molecule has 0 saturated heterocycles. The van der Waals surface area contributed by atoms with Gasteiger partial charge in [0.15, 0.2) is 0 Å². The minimum absolute atomic E-state index is 0.0623. The van der Waals surface area contributed by atoms with Crippen LogP contribution in [0.4, 0.5) is 0 Å². The number of carbonyl (C=O) groups is 1. The maximum Gasteiger partial charge on any atom is 0.254 e. The lowest BCUT2D eigenvalue weighted by molar-refractivity contribution is 0.0752. The number of rotatable bonds is 5. The molecule has 5 nitrogen and oxygen atoms in total. The summed E-state index contributed by atoms with van der Waals surface area (Å²) < 4.78 is 1.80. The third-order valence-electron chi connectivity index (χ3n) is 4.88. The van der Waals surface area contributed by atoms with E-state index in [4.69, 9.17) is 0 Å². The van der Waals surface area contributed by atoms with Crippen LogP contribution in [0.5, 0.6) is 0 Å². The molecule has 2 aromatic carbocycles. The second kappa shape index (κ2) is 8.10. The van der Waals surface area contributed by atoms with Gasteiger partial charge in [-0.05, 0) is 54.4 Å². The van der Waals surface area contributed by atoms with Crippen LogP contribution in [-0.4, -0.2) is 32.6 Å². The Bertz CT molecular complexity index is 1050. The van der Waals surface area contributed by atoms with E-state index >= 15 is 0 Å². The van der Waals surface area contributed by atoms with Crippen molar-refractivity contribution in [3.63, 3.8) is 0 Å². The molecule has 0 radical (unpaired) electrons. The molecule has 0 bridgehead atoms. The van der Waals surface area contributed by atoms with E-state index in [-0.39, 0.29) is 11.9 Å². The Morgan fingerprint density at radius 3 is 2.31 bits per heavy atom. The van der Waals surface area contributed by atoms with Crippen molar-refractivity contribution in [1.29, 1.82) is 0 Å². The number of aryl methyl sites for hydroxylation is 1. The highest BCUT2D eigenvalue weighted by molar-refractivity contribution is 5.94. The molecule has 1 amide bonds. The quantitative estimate of drug-likeness (QED) is 0.513. The molecule has 0 aliphatic rings. The zero-order chi connectivity index (χ0) is 20.2. The Kier molecular flexibility index (Phi) is 5.20. The summed E-state index contributed by atoms with van der Waals surface area (Å²) >= 11 is 0. The van der Waals surface area contributed by atoms with Crippen molar-refractivity contribution in [1.82, 2.24) is 19.7 Å². The molecule has 29 heavy (non-hydrogen) atoms. The average molecular weight is 382 g/mol. The predicted octanol–water partition coefficient (Wildman–Crippen LogP) is 4.44. The summed E-state index contributed by atoms with van der Waals surface area (Å²) in [5, 5.41) is 4.32. The van der Waals surface area contributed by atoms with Crippen molar-refractivity contribution >= 4 is 5.91 Å². The molecule has 1 atom stereocenters. The first-order valence-electron chi connectivity index (χ1n) is 9.48. The van der Waals surface area contributed by atoms with Crippen LogP contribution >= 0.6 is 0 Å². The topological polar surface area (TPSA) is 51.0 Å². The third kappa shape index (κ3) is 3.94. The molecule has 0 spiro atoms. The monoisotopic (exact) mass is 382 g/mol. The molecule has 4 aromatic rings. The number of pyridine rings is 1. The number of hydrogen-bond donors (Lipinski definition) is 0. The smallest absolute Gasteiger partial charge is 0.254 e. The highest BCUT2D eigenvalue weighted by atomic mass is 16.2. The van der Waals surface area contributed by atoms with Crippen molar-refractivity contribution in [3.05, 3.63) is 114 Å². The van der Waals surface area contributed by atoms with Crippen molar-refractivity contribution in [2.45, 2.75) is 13.0 Å². The van der Waals surface area contributed by atoms with E-state index in [9.17, 15) is 4.79 Å². The molecule has 2 aromatic heterocycles. The van der Waals surface area contributed by atoms with Crippen molar-refractivity contribution in [2.75, 3.05) is 7.05 Å². The summed E-state index contributed by atoms with van der Waals surface area (Å²) in [4.78, 5) is 19.5. The zero-order valence-electron chi connectivity index (χ0n) is 16.4. The fraction of sp³-hybridized carbons (Fsp3) is 0.125. The van der Waals surface area contributed by atoms with Gasteiger partial charge in [0.2, 0.25) is 0 Å². The van der Waals surface area contributed by atoms with Gasteiger partial charge in [-0.25, -0.2) is 4.68 Å². The van der Waals surface area contributed by atoms with Gasteiger partial charge in [0.1, 0.15) is 0 Å². The van der Waals surface area contributed by atoms with E-state index in [1.54, 1.807) is 15.8 Å². The number of hydrogen-bond acceptors (Lipinski definition) is 3. The predicted molar refractivity (Wildman–Crippen MR) is 113 cm³/mol. The normalized spacial score (nSPS) is 11.8. The molecular weight excluding hydrogens is 360 g/mol. The Labute approximate surface area is 170 Å². The van der Waals surface area contributed by atoms with Gasteiger partial charge in [-0.15, -0.1) is 0 Å². The molecule has 0 fully saturated rings. The van der Waals surface area contributed by atoms with Crippen LogP contribution in [0, 0.1) is 6.92 Å². The minimum atomic E-state index is -0.265. The summed E-state index contributed by atoms with van der Waals surface area (Å²) in [5.41, 5.74) is 4.48. The molecule has 0 aliphatic carbocycles. The second-order valence-corrected chi connectivity index (χ2v) is 6.99. The maximum absolute atomic E-state index is 13.3. The SMILES string of the molecule is Cc1cnn(-c2ccc(C(=O)N(C)C(c3ccccc3)c3ccccn3)cc2)c1. The first-order valence-corrected chi connectivity index (χ1v) is 9.48. The van der Waals surface area contributed by atoms with Crippen molar-refractivity contribution in [3.8, 4) is 5.69 Å². The Morgan fingerprint density at radius 1 is 0.966 bits per heavy atom. The van der Waals surface area contributed by atoms with Crippen LogP contribution in [0.1, 0.15) is 33.2 Å². The van der Waals surface area contributed by atoms with Crippen LogP contribution in [0.25, 0.3) is 5.69 Å². The molecule has 2 heterocycles. The Balaban J connectivity index is 1.64. The van der Waals surface area contributed by atoms with Crippen LogP contribution in [0.15, 0.2) is 91.4 Å². The summed E-state index contributed by atoms with van der Waals surface area (Å²) in [7, 11) is 1.82. The number of nitrogens with zero attached hydrogens (tertiary/aromatic N) is 4. The van der Waals surface area contributed by atoms with E-state index in [1.807, 2.05) is 99.2 Å². The van der Waals surface area contributed by atoms with Crippen LogP contribution in [-0.2, 0) is 0 Å². The minimum Gasteiger partial charge on any atom is -0.329 e. The van der Waals surface area contributed by atoms with E-state index in [0.717, 1.165) is 22.5 Å². The van der Waals surface area contributed by atoms with E-state index in [2.05, 4.69) is 10.1 Å². The van der Waals surface area contributed by atoms with Gasteiger partial charge >= 0.3 is 0 Å². The van der Waals surface area contributed by atoms with Gasteiger partial charge in [0, 0.05) is 25.0 Å². The molecule has 144 valence electrons. The molecular formula is C24H22N4O. The molecule has 1 unspecified atom stereocenters. The van der Waals surface area contributed by atoms with Gasteiger partial charge in [0.05, 0.1) is 23.6 Å². The van der Waals surface area contributed by atoms with Crippen molar-refractivity contribution in [2.24, 2.45) is 0 Å². The summed E-state index contributed by atoms with van der Waals surface area (Å²) in [5.74, 6) is -0.0623. The van der Waals surface area contributed by atoms with Gasteiger partial charge in [-0.2, -0.15) is 5.10 Å². The fourth-order valence-corrected chi connectivity index (χ4v) is 3.40. The summed E-state index contributed by atoms with van der Waals surface area (Å²) in [6, 6.07) is 23.0. The molecule has 0 saturated carbocycles. The summed E-state index contributed by atoms with van der Waals surface area (Å²) in [6.07, 6.45) is 5.52. The highest BCUT2D eigenvalue weighted by Crippen LogP contribution is 2.27. The first kappa shape index (κ1) is 18.6. The molecule has 0 aliphatic heterocycles. The van der Waals surface area contributed by atoms with E-state index < -0.39 is 0 Å². The largest absolute Gasteiger partial charge is 0.329 e. The van der Waals surface area contributed by atoms with E-state index in [0.29, 0.717) is 5.56 Å². The number of aromatic nitrogens is 3. The lowest BCUT2D eigenvalue weighted by Gasteiger charge is -2.28. The lowest BCUT2D eigenvalue weighted by Crippen LogP contribution is -2.32. The highest BCUT2D eigenvalue weighted by Gasteiger charge is 2.25. The Morgan fingerprint density at radius 2 is 1.69 bits per heavy atom. The van der Waals surface area contributed by atoms with Crippen molar-refractivity contribution < 1.29 is 4.79 Å². The average Bonchev–Trinajstić information content (AvgIpc) is 3.21. The molecule has 5 heteroatoms. The van der Waals surface area contributed by atoms with Gasteiger partial charge in [0.25, 0.3) is 5.91 Å².